The van der Waals surface area contributed by atoms with Crippen molar-refractivity contribution in [3.05, 3.63) is 63.1 Å². The largest absolute Gasteiger partial charge is 0.497 e. The zero-order valence-electron chi connectivity index (χ0n) is 10.5. The Labute approximate surface area is 126 Å². The Hall–Kier alpha value is -1.03. The van der Waals surface area contributed by atoms with E-state index in [0.29, 0.717) is 18.2 Å². The van der Waals surface area contributed by atoms with Crippen LogP contribution in [0.4, 0.5) is 0 Å². The number of benzene rings is 2. The Morgan fingerprint density at radius 2 is 1.79 bits per heavy atom. The first-order chi connectivity index (χ1) is 9.19. The minimum Gasteiger partial charge on any atom is -0.497 e. The van der Waals surface area contributed by atoms with Crippen molar-refractivity contribution in [1.82, 2.24) is 0 Å². The molecule has 19 heavy (non-hydrogen) atoms. The quantitative estimate of drug-likeness (QED) is 0.775. The Bertz CT molecular complexity index is 540. The summed E-state index contributed by atoms with van der Waals surface area (Å²) >= 11 is 9.50. The molecule has 2 rings (SSSR count). The van der Waals surface area contributed by atoms with E-state index < -0.39 is 0 Å². The molecule has 0 aliphatic heterocycles. The van der Waals surface area contributed by atoms with Gasteiger partial charge in [0, 0.05) is 9.50 Å². The van der Waals surface area contributed by atoms with E-state index in [4.69, 9.17) is 21.1 Å². The normalized spacial score (nSPS) is 10.5. The minimum absolute atomic E-state index is 0.498. The molecule has 2 aromatic carbocycles. The molecule has 0 N–H and O–H groups in total. The van der Waals surface area contributed by atoms with Gasteiger partial charge in [-0.05, 0) is 35.4 Å². The van der Waals surface area contributed by atoms with Gasteiger partial charge in [0.1, 0.15) is 5.75 Å². The number of methoxy groups -OCH3 is 1. The van der Waals surface area contributed by atoms with Crippen LogP contribution < -0.4 is 4.74 Å². The van der Waals surface area contributed by atoms with Gasteiger partial charge in [0.15, 0.2) is 0 Å². The smallest absolute Gasteiger partial charge is 0.118 e. The zero-order valence-corrected chi connectivity index (χ0v) is 12.9. The van der Waals surface area contributed by atoms with E-state index in [2.05, 4.69) is 15.9 Å². The predicted octanol–water partition coefficient (Wildman–Crippen LogP) is 4.83. The highest BCUT2D eigenvalue weighted by Crippen LogP contribution is 2.22. The fourth-order valence-electron chi connectivity index (χ4n) is 1.64. The van der Waals surface area contributed by atoms with Crippen LogP contribution in [0.15, 0.2) is 46.9 Å². The number of halogens is 2. The summed E-state index contributed by atoms with van der Waals surface area (Å²) in [5, 5.41) is 0.712. The van der Waals surface area contributed by atoms with Crippen LogP contribution in [0.3, 0.4) is 0 Å². The SMILES string of the molecule is COc1ccc(COCc2ccc(Br)cc2Cl)cc1. The third-order valence-corrected chi connectivity index (χ3v) is 3.55. The molecule has 0 saturated heterocycles. The predicted molar refractivity (Wildman–Crippen MR) is 80.6 cm³/mol. The lowest BCUT2D eigenvalue weighted by atomic mass is 10.2. The van der Waals surface area contributed by atoms with Crippen molar-refractivity contribution < 1.29 is 9.47 Å². The number of hydrogen-bond donors (Lipinski definition) is 0. The zero-order chi connectivity index (χ0) is 13.7. The molecule has 0 aromatic heterocycles. The first-order valence-electron chi connectivity index (χ1n) is 5.83. The Morgan fingerprint density at radius 3 is 2.42 bits per heavy atom. The van der Waals surface area contributed by atoms with Gasteiger partial charge in [-0.15, -0.1) is 0 Å². The van der Waals surface area contributed by atoms with Crippen LogP contribution in [0.2, 0.25) is 5.02 Å². The summed E-state index contributed by atoms with van der Waals surface area (Å²) in [4.78, 5) is 0. The van der Waals surface area contributed by atoms with E-state index in [9.17, 15) is 0 Å². The van der Waals surface area contributed by atoms with Gasteiger partial charge in [-0.1, -0.05) is 45.7 Å². The molecule has 0 unspecified atom stereocenters. The van der Waals surface area contributed by atoms with Crippen LogP contribution in [-0.2, 0) is 18.0 Å². The van der Waals surface area contributed by atoms with Crippen molar-refractivity contribution in [1.29, 1.82) is 0 Å². The first kappa shape index (κ1) is 14.4. The van der Waals surface area contributed by atoms with Crippen molar-refractivity contribution in [2.24, 2.45) is 0 Å². The van der Waals surface area contributed by atoms with Crippen LogP contribution in [0, 0.1) is 0 Å². The maximum absolute atomic E-state index is 6.12. The summed E-state index contributed by atoms with van der Waals surface area (Å²) in [6, 6.07) is 13.6. The van der Waals surface area contributed by atoms with Crippen LogP contribution in [0.5, 0.6) is 5.75 Å². The summed E-state index contributed by atoms with van der Waals surface area (Å²) < 4.78 is 11.7. The van der Waals surface area contributed by atoms with E-state index in [0.717, 1.165) is 21.3 Å². The van der Waals surface area contributed by atoms with E-state index in [1.165, 1.54) is 0 Å². The Morgan fingerprint density at radius 1 is 1.05 bits per heavy atom. The fraction of sp³-hybridized carbons (Fsp3) is 0.200. The summed E-state index contributed by atoms with van der Waals surface area (Å²) in [5.41, 5.74) is 2.09. The highest BCUT2D eigenvalue weighted by molar-refractivity contribution is 9.10. The third-order valence-electron chi connectivity index (χ3n) is 2.70. The second-order valence-electron chi connectivity index (χ2n) is 4.08. The van der Waals surface area contributed by atoms with Crippen LogP contribution >= 0.6 is 27.5 Å². The molecule has 0 amide bonds. The molecule has 0 fully saturated rings. The molecule has 0 bridgehead atoms. The molecular weight excluding hydrogens is 328 g/mol. The summed E-state index contributed by atoms with van der Waals surface area (Å²) in [7, 11) is 1.65. The average Bonchev–Trinajstić information content (AvgIpc) is 2.42. The maximum atomic E-state index is 6.12. The molecule has 0 heterocycles. The van der Waals surface area contributed by atoms with Crippen molar-refractivity contribution in [2.75, 3.05) is 7.11 Å². The molecule has 0 spiro atoms. The second kappa shape index (κ2) is 6.94. The lowest BCUT2D eigenvalue weighted by Crippen LogP contribution is -1.95. The van der Waals surface area contributed by atoms with E-state index in [-0.39, 0.29) is 0 Å². The van der Waals surface area contributed by atoms with Gasteiger partial charge in [0.05, 0.1) is 20.3 Å². The van der Waals surface area contributed by atoms with Crippen molar-refractivity contribution >= 4 is 27.5 Å². The molecule has 0 saturated carbocycles. The minimum atomic E-state index is 0.498. The number of hydrogen-bond acceptors (Lipinski definition) is 2. The molecular formula is C15H14BrClO2. The Balaban J connectivity index is 1.88. The molecule has 2 aromatic rings. The van der Waals surface area contributed by atoms with Gasteiger partial charge in [-0.25, -0.2) is 0 Å². The summed E-state index contributed by atoms with van der Waals surface area (Å²) in [5.74, 6) is 0.847. The van der Waals surface area contributed by atoms with Gasteiger partial charge in [0.25, 0.3) is 0 Å². The number of ether oxygens (including phenoxy) is 2. The molecule has 2 nitrogen and oxygen atoms in total. The van der Waals surface area contributed by atoms with Gasteiger partial charge >= 0.3 is 0 Å². The number of rotatable bonds is 5. The second-order valence-corrected chi connectivity index (χ2v) is 5.40. The van der Waals surface area contributed by atoms with Gasteiger partial charge in [0.2, 0.25) is 0 Å². The van der Waals surface area contributed by atoms with Gasteiger partial charge < -0.3 is 9.47 Å². The first-order valence-corrected chi connectivity index (χ1v) is 7.01. The topological polar surface area (TPSA) is 18.5 Å². The summed E-state index contributed by atoms with van der Waals surface area (Å²) in [6.45, 7) is 1.05. The van der Waals surface area contributed by atoms with E-state index >= 15 is 0 Å². The highest BCUT2D eigenvalue weighted by atomic mass is 79.9. The third kappa shape index (κ3) is 4.23. The Kier molecular flexibility index (Phi) is 5.25. The molecule has 100 valence electrons. The van der Waals surface area contributed by atoms with Crippen molar-refractivity contribution in [3.8, 4) is 5.75 Å². The average molecular weight is 342 g/mol. The molecule has 0 atom stereocenters. The van der Waals surface area contributed by atoms with Crippen LogP contribution in [-0.4, -0.2) is 7.11 Å². The molecule has 0 aliphatic rings. The lowest BCUT2D eigenvalue weighted by molar-refractivity contribution is 0.107. The van der Waals surface area contributed by atoms with E-state index in [1.807, 2.05) is 42.5 Å². The molecule has 0 aliphatic carbocycles. The van der Waals surface area contributed by atoms with Crippen LogP contribution in [0.25, 0.3) is 0 Å². The molecule has 4 heteroatoms. The fourth-order valence-corrected chi connectivity index (χ4v) is 2.37. The van der Waals surface area contributed by atoms with Gasteiger partial charge in [-0.3, -0.25) is 0 Å². The van der Waals surface area contributed by atoms with Crippen molar-refractivity contribution in [3.63, 3.8) is 0 Å². The van der Waals surface area contributed by atoms with Crippen molar-refractivity contribution in [2.45, 2.75) is 13.2 Å². The lowest BCUT2D eigenvalue weighted by Gasteiger charge is -2.07. The summed E-state index contributed by atoms with van der Waals surface area (Å²) in [6.07, 6.45) is 0. The van der Waals surface area contributed by atoms with E-state index in [1.54, 1.807) is 7.11 Å². The van der Waals surface area contributed by atoms with Crippen LogP contribution in [0.1, 0.15) is 11.1 Å². The highest BCUT2D eigenvalue weighted by Gasteiger charge is 2.02. The molecule has 0 radical (unpaired) electrons. The maximum Gasteiger partial charge on any atom is 0.118 e. The standard InChI is InChI=1S/C15H14BrClO2/c1-18-14-6-2-11(3-7-14)9-19-10-12-4-5-13(16)8-15(12)17/h2-8H,9-10H2,1H3. The van der Waals surface area contributed by atoms with Gasteiger partial charge in [-0.2, -0.15) is 0 Å². The monoisotopic (exact) mass is 340 g/mol.